The van der Waals surface area contributed by atoms with Gasteiger partial charge < -0.3 is 14.9 Å². The van der Waals surface area contributed by atoms with Gasteiger partial charge in [0, 0.05) is 0 Å². The van der Waals surface area contributed by atoms with Gasteiger partial charge in [-0.15, -0.1) is 0 Å². The first-order valence-corrected chi connectivity index (χ1v) is 7.26. The third kappa shape index (κ3) is 1.03. The highest BCUT2D eigenvalue weighted by molar-refractivity contribution is 5.87. The van der Waals surface area contributed by atoms with Crippen molar-refractivity contribution in [2.75, 3.05) is 6.61 Å². The molecule has 2 N–H and O–H groups in total. The summed E-state index contributed by atoms with van der Waals surface area (Å²) in [5.74, 6) is -0.200. The van der Waals surface area contributed by atoms with Crippen LogP contribution < -0.4 is 0 Å². The van der Waals surface area contributed by atoms with Crippen molar-refractivity contribution in [3.63, 3.8) is 0 Å². The number of cyclic esters (lactones) is 1. The molecule has 1 aliphatic heterocycles. The molecule has 0 aromatic rings. The van der Waals surface area contributed by atoms with Crippen LogP contribution >= 0.6 is 0 Å². The number of hydrogen-bond donors (Lipinski definition) is 2. The second-order valence-electron chi connectivity index (χ2n) is 8.25. The van der Waals surface area contributed by atoms with E-state index in [0.29, 0.717) is 6.42 Å². The Labute approximate surface area is 113 Å². The van der Waals surface area contributed by atoms with Crippen molar-refractivity contribution >= 4 is 5.97 Å². The van der Waals surface area contributed by atoms with Crippen LogP contribution in [-0.2, 0) is 9.53 Å². The van der Waals surface area contributed by atoms with Gasteiger partial charge in [0.05, 0.1) is 17.1 Å². The van der Waals surface area contributed by atoms with Crippen LogP contribution in [0.25, 0.3) is 0 Å². The number of hydrogen-bond acceptors (Lipinski definition) is 4. The first-order valence-electron chi connectivity index (χ1n) is 7.26. The monoisotopic (exact) mass is 266 g/mol. The molecule has 4 nitrogen and oxygen atoms in total. The lowest BCUT2D eigenvalue weighted by atomic mass is 9.60. The van der Waals surface area contributed by atoms with Crippen molar-refractivity contribution < 1.29 is 19.7 Å². The lowest BCUT2D eigenvalue weighted by molar-refractivity contribution is -0.172. The van der Waals surface area contributed by atoms with Crippen molar-refractivity contribution in [3.8, 4) is 0 Å². The molecule has 0 bridgehead atoms. The average molecular weight is 266 g/mol. The maximum atomic E-state index is 12.2. The van der Waals surface area contributed by atoms with Gasteiger partial charge in [-0.2, -0.15) is 0 Å². The van der Waals surface area contributed by atoms with Gasteiger partial charge in [0.25, 0.3) is 0 Å². The van der Waals surface area contributed by atoms with E-state index in [0.717, 1.165) is 12.8 Å². The van der Waals surface area contributed by atoms with Crippen LogP contribution in [0.3, 0.4) is 0 Å². The highest BCUT2D eigenvalue weighted by atomic mass is 16.5. The van der Waals surface area contributed by atoms with Crippen LogP contribution in [0, 0.1) is 28.1 Å². The van der Waals surface area contributed by atoms with Crippen molar-refractivity contribution in [2.24, 2.45) is 28.1 Å². The molecular weight excluding hydrogens is 244 g/mol. The predicted octanol–water partition coefficient (Wildman–Crippen LogP) is 1.10. The molecule has 1 saturated heterocycles. The van der Waals surface area contributed by atoms with E-state index < -0.39 is 22.5 Å². The van der Waals surface area contributed by atoms with Crippen molar-refractivity contribution in [1.82, 2.24) is 0 Å². The van der Waals surface area contributed by atoms with Crippen LogP contribution in [0.15, 0.2) is 0 Å². The van der Waals surface area contributed by atoms with Crippen LogP contribution in [0.4, 0.5) is 0 Å². The summed E-state index contributed by atoms with van der Waals surface area (Å²) in [4.78, 5) is 12.2. The topological polar surface area (TPSA) is 66.8 Å². The fraction of sp³-hybridized carbons (Fsp3) is 0.933. The Morgan fingerprint density at radius 1 is 1.26 bits per heavy atom. The number of fused-ring (bicyclic) bond motifs is 1. The van der Waals surface area contributed by atoms with Crippen molar-refractivity contribution in [3.05, 3.63) is 0 Å². The number of aliphatic hydroxyl groups excluding tert-OH is 1. The third-order valence-corrected chi connectivity index (χ3v) is 6.75. The summed E-state index contributed by atoms with van der Waals surface area (Å²) in [7, 11) is 0. The van der Waals surface area contributed by atoms with Gasteiger partial charge in [0.1, 0.15) is 12.0 Å². The molecule has 0 aromatic heterocycles. The molecule has 4 aliphatic rings. The molecule has 0 aromatic carbocycles. The minimum absolute atomic E-state index is 0.00113. The molecule has 1 heterocycles. The van der Waals surface area contributed by atoms with Gasteiger partial charge in [-0.05, 0) is 43.4 Å². The SMILES string of the molecule is CC1(C)C[C@@H]2[C@@H](O)[C@@]34COC(=O)[C@@]3(C4)[C@@](C)(O)[C@@H]2C1. The Morgan fingerprint density at radius 2 is 1.95 bits per heavy atom. The second kappa shape index (κ2) is 2.86. The smallest absolute Gasteiger partial charge is 0.315 e. The Balaban J connectivity index is 1.85. The normalized spacial score (nSPS) is 61.1. The predicted molar refractivity (Wildman–Crippen MR) is 67.1 cm³/mol. The van der Waals surface area contributed by atoms with Gasteiger partial charge in [-0.25, -0.2) is 0 Å². The minimum Gasteiger partial charge on any atom is -0.464 e. The zero-order chi connectivity index (χ0) is 13.8. The van der Waals surface area contributed by atoms with Crippen molar-refractivity contribution in [2.45, 2.75) is 51.7 Å². The van der Waals surface area contributed by atoms with Crippen LogP contribution in [0.2, 0.25) is 0 Å². The molecule has 4 fully saturated rings. The fourth-order valence-electron chi connectivity index (χ4n) is 5.81. The number of carbonyl (C=O) groups excluding carboxylic acids is 1. The zero-order valence-electron chi connectivity index (χ0n) is 11.8. The zero-order valence-corrected chi connectivity index (χ0v) is 11.8. The molecule has 0 unspecified atom stereocenters. The molecule has 106 valence electrons. The number of ether oxygens (including phenoxy) is 1. The summed E-state index contributed by atoms with van der Waals surface area (Å²) >= 11 is 0. The molecule has 0 amide bonds. The van der Waals surface area contributed by atoms with E-state index in [9.17, 15) is 15.0 Å². The fourth-order valence-corrected chi connectivity index (χ4v) is 5.81. The molecule has 6 atom stereocenters. The Bertz CT molecular complexity index is 483. The Kier molecular flexibility index (Phi) is 1.83. The van der Waals surface area contributed by atoms with E-state index in [1.54, 1.807) is 6.92 Å². The van der Waals surface area contributed by atoms with Gasteiger partial charge in [0.15, 0.2) is 0 Å². The quantitative estimate of drug-likeness (QED) is 0.644. The molecule has 4 heteroatoms. The summed E-state index contributed by atoms with van der Waals surface area (Å²) in [5.41, 5.74) is -2.25. The standard InChI is InChI=1S/C15H22O4/c1-12(2)4-8-9(5-12)13(3,18)15-6-14(15,10(8)16)7-19-11(15)17/h8-10,16,18H,4-7H2,1-3H3/t8-,9+,10+,13-,14+,15-/m0/s1. The number of esters is 1. The van der Waals surface area contributed by atoms with Gasteiger partial charge in [-0.3, -0.25) is 4.79 Å². The summed E-state index contributed by atoms with van der Waals surface area (Å²) in [6, 6.07) is 0. The summed E-state index contributed by atoms with van der Waals surface area (Å²) in [5, 5.41) is 21.9. The molecule has 0 radical (unpaired) electrons. The molecule has 0 spiro atoms. The van der Waals surface area contributed by atoms with E-state index in [4.69, 9.17) is 4.74 Å². The maximum absolute atomic E-state index is 12.2. The van der Waals surface area contributed by atoms with E-state index in [2.05, 4.69) is 13.8 Å². The van der Waals surface area contributed by atoms with E-state index in [-0.39, 0.29) is 29.8 Å². The van der Waals surface area contributed by atoms with Gasteiger partial charge in [-0.1, -0.05) is 13.8 Å². The lowest BCUT2D eigenvalue weighted by Gasteiger charge is -2.47. The molecule has 4 rings (SSSR count). The largest absolute Gasteiger partial charge is 0.464 e. The highest BCUT2D eigenvalue weighted by Crippen LogP contribution is 2.81. The lowest BCUT2D eigenvalue weighted by Crippen LogP contribution is -2.58. The summed E-state index contributed by atoms with van der Waals surface area (Å²) < 4.78 is 5.21. The molecule has 3 saturated carbocycles. The van der Waals surface area contributed by atoms with Gasteiger partial charge >= 0.3 is 5.97 Å². The van der Waals surface area contributed by atoms with Crippen LogP contribution in [0.5, 0.6) is 0 Å². The first-order chi connectivity index (χ1) is 8.68. The summed E-state index contributed by atoms with van der Waals surface area (Å²) in [6.45, 7) is 6.45. The van der Waals surface area contributed by atoms with Crippen molar-refractivity contribution in [1.29, 1.82) is 0 Å². The molecule has 19 heavy (non-hydrogen) atoms. The number of carbonyl (C=O) groups is 1. The van der Waals surface area contributed by atoms with Crippen LogP contribution in [0.1, 0.15) is 40.0 Å². The summed E-state index contributed by atoms with van der Waals surface area (Å²) in [6.07, 6.45) is 1.87. The number of rotatable bonds is 0. The van der Waals surface area contributed by atoms with Gasteiger partial charge in [0.2, 0.25) is 0 Å². The van der Waals surface area contributed by atoms with Crippen LogP contribution in [-0.4, -0.2) is 34.5 Å². The first kappa shape index (κ1) is 12.2. The Morgan fingerprint density at radius 3 is 2.63 bits per heavy atom. The number of aliphatic hydroxyl groups is 2. The minimum atomic E-state index is -1.04. The van der Waals surface area contributed by atoms with E-state index in [1.807, 2.05) is 0 Å². The molecule has 3 aliphatic carbocycles. The Hall–Kier alpha value is -0.610. The molecular formula is C15H22O4. The highest BCUT2D eigenvalue weighted by Gasteiger charge is 2.90. The second-order valence-corrected chi connectivity index (χ2v) is 8.25. The van der Waals surface area contributed by atoms with E-state index >= 15 is 0 Å². The third-order valence-electron chi connectivity index (χ3n) is 6.75. The maximum Gasteiger partial charge on any atom is 0.315 e. The van der Waals surface area contributed by atoms with E-state index in [1.165, 1.54) is 0 Å². The average Bonchev–Trinajstić information content (AvgIpc) is 2.80.